The van der Waals surface area contributed by atoms with Crippen LogP contribution in [0.1, 0.15) is 27.3 Å². The lowest BCUT2D eigenvalue weighted by atomic mass is 10.1. The molecule has 0 bridgehead atoms. The van der Waals surface area contributed by atoms with Crippen molar-refractivity contribution in [3.05, 3.63) is 71.0 Å². The summed E-state index contributed by atoms with van der Waals surface area (Å²) in [6.45, 7) is 6.07. The molecule has 0 saturated heterocycles. The fraction of sp³-hybridized carbons (Fsp3) is 0.320. The Morgan fingerprint density at radius 2 is 1.71 bits per heavy atom. The van der Waals surface area contributed by atoms with Gasteiger partial charge in [0.05, 0.1) is 5.56 Å². The molecule has 2 heterocycles. The molecular formula is C25H29N3O3. The van der Waals surface area contributed by atoms with Crippen LogP contribution in [-0.2, 0) is 6.42 Å². The molecule has 0 radical (unpaired) electrons. The molecule has 1 N–H and O–H groups in total. The Morgan fingerprint density at radius 1 is 1.00 bits per heavy atom. The molecule has 6 heteroatoms. The summed E-state index contributed by atoms with van der Waals surface area (Å²) in [6, 6.07) is 15.8. The van der Waals surface area contributed by atoms with Gasteiger partial charge in [-0.1, -0.05) is 12.1 Å². The van der Waals surface area contributed by atoms with Crippen molar-refractivity contribution in [1.29, 1.82) is 0 Å². The van der Waals surface area contributed by atoms with Crippen molar-refractivity contribution in [3.8, 4) is 17.2 Å². The molecule has 1 aliphatic rings. The number of hydrogen-bond donors (Lipinski definition) is 1. The van der Waals surface area contributed by atoms with Crippen LogP contribution in [0.4, 0.5) is 5.69 Å². The summed E-state index contributed by atoms with van der Waals surface area (Å²) < 4.78 is 13.4. The summed E-state index contributed by atoms with van der Waals surface area (Å²) in [7, 11) is 4.13. The lowest BCUT2D eigenvalue weighted by Gasteiger charge is -2.20. The number of hydrogen-bond acceptors (Lipinski definition) is 4. The van der Waals surface area contributed by atoms with Crippen LogP contribution in [0.15, 0.2) is 48.5 Å². The van der Waals surface area contributed by atoms with Gasteiger partial charge in [-0.2, -0.15) is 0 Å². The molecule has 162 valence electrons. The Morgan fingerprint density at radius 3 is 2.42 bits per heavy atom. The largest absolute Gasteiger partial charge is 0.486 e. The number of aromatic nitrogens is 1. The van der Waals surface area contributed by atoms with Crippen molar-refractivity contribution >= 4 is 11.6 Å². The molecule has 0 atom stereocenters. The number of anilines is 1. The van der Waals surface area contributed by atoms with Crippen LogP contribution in [0.2, 0.25) is 0 Å². The van der Waals surface area contributed by atoms with E-state index in [1.165, 1.54) is 5.56 Å². The lowest BCUT2D eigenvalue weighted by molar-refractivity contribution is 0.102. The second-order valence-corrected chi connectivity index (χ2v) is 8.15. The zero-order valence-electron chi connectivity index (χ0n) is 18.6. The molecule has 0 spiro atoms. The van der Waals surface area contributed by atoms with E-state index in [9.17, 15) is 4.79 Å². The second-order valence-electron chi connectivity index (χ2n) is 8.15. The molecule has 2 aromatic carbocycles. The van der Waals surface area contributed by atoms with Crippen LogP contribution >= 0.6 is 0 Å². The highest BCUT2D eigenvalue weighted by molar-refractivity contribution is 6.05. The summed E-state index contributed by atoms with van der Waals surface area (Å²) >= 11 is 0. The van der Waals surface area contributed by atoms with Gasteiger partial charge in [0.15, 0.2) is 11.5 Å². The first-order valence-electron chi connectivity index (χ1n) is 10.6. The number of carbonyl (C=O) groups excluding carboxylic acids is 1. The standard InChI is InChI=1S/C25H29N3O3/c1-17-15-22(25(29)26-20-7-5-19(6-8-20)11-12-27(3)4)18(2)28(17)21-9-10-23-24(16-21)31-14-13-30-23/h5-10,15-16H,11-14H2,1-4H3,(H,26,29). The summed E-state index contributed by atoms with van der Waals surface area (Å²) in [5, 5.41) is 3.03. The molecule has 0 fully saturated rings. The molecule has 0 saturated carbocycles. The Labute approximate surface area is 183 Å². The molecule has 0 aliphatic carbocycles. The highest BCUT2D eigenvalue weighted by Crippen LogP contribution is 2.33. The number of carbonyl (C=O) groups is 1. The second kappa shape index (κ2) is 8.86. The van der Waals surface area contributed by atoms with Gasteiger partial charge in [-0.15, -0.1) is 0 Å². The molecule has 1 aliphatic heterocycles. The number of fused-ring (bicyclic) bond motifs is 1. The van der Waals surface area contributed by atoms with Crippen molar-refractivity contribution in [2.45, 2.75) is 20.3 Å². The third-order valence-corrected chi connectivity index (χ3v) is 5.52. The topological polar surface area (TPSA) is 55.7 Å². The van der Waals surface area contributed by atoms with Gasteiger partial charge in [0.25, 0.3) is 5.91 Å². The summed E-state index contributed by atoms with van der Waals surface area (Å²) in [5.41, 5.74) is 5.52. The number of nitrogens with one attached hydrogen (secondary N) is 1. The van der Waals surface area contributed by atoms with Crippen molar-refractivity contribution in [1.82, 2.24) is 9.47 Å². The van der Waals surface area contributed by atoms with E-state index >= 15 is 0 Å². The van der Waals surface area contributed by atoms with Crippen LogP contribution in [0.25, 0.3) is 5.69 Å². The maximum Gasteiger partial charge on any atom is 0.257 e. The van der Waals surface area contributed by atoms with Crippen molar-refractivity contribution in [2.75, 3.05) is 39.2 Å². The highest BCUT2D eigenvalue weighted by atomic mass is 16.6. The van der Waals surface area contributed by atoms with E-state index < -0.39 is 0 Å². The first-order chi connectivity index (χ1) is 14.9. The van der Waals surface area contributed by atoms with Gasteiger partial charge in [0, 0.05) is 35.4 Å². The predicted octanol–water partition coefficient (Wildman–Crippen LogP) is 4.22. The van der Waals surface area contributed by atoms with E-state index in [0.717, 1.165) is 47.2 Å². The van der Waals surface area contributed by atoms with E-state index in [2.05, 4.69) is 41.0 Å². The van der Waals surface area contributed by atoms with Crippen LogP contribution in [-0.4, -0.2) is 49.2 Å². The van der Waals surface area contributed by atoms with E-state index in [4.69, 9.17) is 9.47 Å². The Hall–Kier alpha value is -3.25. The van der Waals surface area contributed by atoms with Crippen molar-refractivity contribution < 1.29 is 14.3 Å². The minimum atomic E-state index is -0.113. The normalized spacial score (nSPS) is 12.8. The summed E-state index contributed by atoms with van der Waals surface area (Å²) in [4.78, 5) is 15.1. The molecule has 0 unspecified atom stereocenters. The highest BCUT2D eigenvalue weighted by Gasteiger charge is 2.19. The SMILES string of the molecule is Cc1cc(C(=O)Nc2ccc(CCN(C)C)cc2)c(C)n1-c1ccc2c(c1)OCCO2. The Bertz CT molecular complexity index is 1080. The maximum atomic E-state index is 13.0. The first-order valence-corrected chi connectivity index (χ1v) is 10.6. The third-order valence-electron chi connectivity index (χ3n) is 5.52. The lowest BCUT2D eigenvalue weighted by Crippen LogP contribution is -2.16. The molecule has 4 rings (SSSR count). The molecule has 31 heavy (non-hydrogen) atoms. The van der Waals surface area contributed by atoms with Crippen LogP contribution in [0, 0.1) is 13.8 Å². The number of rotatable bonds is 6. The molecule has 6 nitrogen and oxygen atoms in total. The summed E-state index contributed by atoms with van der Waals surface area (Å²) in [5.74, 6) is 1.37. The van der Waals surface area contributed by atoms with E-state index in [-0.39, 0.29) is 5.91 Å². The van der Waals surface area contributed by atoms with E-state index in [1.807, 2.05) is 50.2 Å². The number of likely N-dealkylation sites (N-methyl/N-ethyl adjacent to an activating group) is 1. The minimum Gasteiger partial charge on any atom is -0.486 e. The number of aryl methyl sites for hydroxylation is 1. The fourth-order valence-electron chi connectivity index (χ4n) is 3.87. The Kier molecular flexibility index (Phi) is 6.00. The maximum absolute atomic E-state index is 13.0. The molecule has 3 aromatic rings. The van der Waals surface area contributed by atoms with Crippen LogP contribution < -0.4 is 14.8 Å². The first kappa shape index (κ1) is 21.0. The van der Waals surface area contributed by atoms with Gasteiger partial charge in [-0.05, 0) is 70.3 Å². The van der Waals surface area contributed by atoms with E-state index in [0.29, 0.717) is 18.8 Å². The fourth-order valence-corrected chi connectivity index (χ4v) is 3.87. The number of nitrogens with zero attached hydrogens (tertiary/aromatic N) is 2. The summed E-state index contributed by atoms with van der Waals surface area (Å²) in [6.07, 6.45) is 0.984. The average molecular weight is 420 g/mol. The molecular weight excluding hydrogens is 390 g/mol. The minimum absolute atomic E-state index is 0.113. The quantitative estimate of drug-likeness (QED) is 0.650. The van der Waals surface area contributed by atoms with Crippen molar-refractivity contribution in [3.63, 3.8) is 0 Å². The van der Waals surface area contributed by atoms with Crippen molar-refractivity contribution in [2.24, 2.45) is 0 Å². The van der Waals surface area contributed by atoms with Gasteiger partial charge in [0.1, 0.15) is 13.2 Å². The Balaban J connectivity index is 1.52. The predicted molar refractivity (Wildman–Crippen MR) is 123 cm³/mol. The number of ether oxygens (including phenoxy) is 2. The van der Waals surface area contributed by atoms with E-state index in [1.54, 1.807) is 0 Å². The van der Waals surface area contributed by atoms with Gasteiger partial charge < -0.3 is 24.3 Å². The third kappa shape index (κ3) is 4.59. The molecule has 1 aromatic heterocycles. The van der Waals surface area contributed by atoms with Crippen LogP contribution in [0.5, 0.6) is 11.5 Å². The number of benzene rings is 2. The van der Waals surface area contributed by atoms with Crippen LogP contribution in [0.3, 0.4) is 0 Å². The van der Waals surface area contributed by atoms with Gasteiger partial charge in [0.2, 0.25) is 0 Å². The number of amides is 1. The molecule has 1 amide bonds. The van der Waals surface area contributed by atoms with Gasteiger partial charge >= 0.3 is 0 Å². The van der Waals surface area contributed by atoms with Gasteiger partial charge in [-0.25, -0.2) is 0 Å². The average Bonchev–Trinajstić information content (AvgIpc) is 3.07. The van der Waals surface area contributed by atoms with Gasteiger partial charge in [-0.3, -0.25) is 4.79 Å². The zero-order chi connectivity index (χ0) is 22.0. The zero-order valence-corrected chi connectivity index (χ0v) is 18.6. The smallest absolute Gasteiger partial charge is 0.257 e. The monoisotopic (exact) mass is 419 g/mol.